The minimum atomic E-state index is -0.845. The number of ether oxygens (including phenoxy) is 2. The summed E-state index contributed by atoms with van der Waals surface area (Å²) in [6.07, 6.45) is 0. The molecule has 1 fully saturated rings. The third-order valence-corrected chi connectivity index (χ3v) is 4.07. The molecule has 134 valence electrons. The molecule has 2 rings (SSSR count). The van der Waals surface area contributed by atoms with Gasteiger partial charge >= 0.3 is 5.97 Å². The molecule has 1 heterocycles. The Morgan fingerprint density at radius 2 is 2.17 bits per heavy atom. The first-order valence-electron chi connectivity index (χ1n) is 8.43. The van der Waals surface area contributed by atoms with Gasteiger partial charge in [-0.25, -0.2) is 0 Å². The number of hydrogen-bond donors (Lipinski definition) is 2. The minimum absolute atomic E-state index is 0.274. The fourth-order valence-corrected chi connectivity index (χ4v) is 2.94. The Kier molecular flexibility index (Phi) is 6.45. The average molecular weight is 336 g/mol. The van der Waals surface area contributed by atoms with Crippen LogP contribution in [0.25, 0.3) is 0 Å². The molecule has 0 aliphatic carbocycles. The molecule has 1 aliphatic rings. The summed E-state index contributed by atoms with van der Waals surface area (Å²) in [6, 6.07) is 5.00. The Hall–Kier alpha value is -1.79. The van der Waals surface area contributed by atoms with Crippen LogP contribution in [0.1, 0.15) is 32.4 Å². The van der Waals surface area contributed by atoms with E-state index in [1.165, 1.54) is 0 Å². The molecule has 1 aliphatic heterocycles. The van der Waals surface area contributed by atoms with Gasteiger partial charge in [-0.05, 0) is 30.5 Å². The van der Waals surface area contributed by atoms with Crippen LogP contribution in [0, 0.1) is 5.92 Å². The summed E-state index contributed by atoms with van der Waals surface area (Å²) in [4.78, 5) is 13.9. The van der Waals surface area contributed by atoms with Gasteiger partial charge in [0.15, 0.2) is 11.5 Å². The predicted octanol–water partition coefficient (Wildman–Crippen LogP) is 2.15. The molecule has 0 spiro atoms. The molecule has 1 aromatic rings. The minimum Gasteiger partial charge on any atom is -0.493 e. The van der Waals surface area contributed by atoms with E-state index >= 15 is 0 Å². The van der Waals surface area contributed by atoms with E-state index in [2.05, 4.69) is 26.1 Å². The van der Waals surface area contributed by atoms with Crippen molar-refractivity contribution in [1.29, 1.82) is 0 Å². The average Bonchev–Trinajstić information content (AvgIpc) is 2.53. The first kappa shape index (κ1) is 18.5. The number of nitrogens with zero attached hydrogens (tertiary/aromatic N) is 1. The summed E-state index contributed by atoms with van der Waals surface area (Å²) in [7, 11) is 1.57. The van der Waals surface area contributed by atoms with Gasteiger partial charge in [0, 0.05) is 25.7 Å². The lowest BCUT2D eigenvalue weighted by Gasteiger charge is -2.36. The second kappa shape index (κ2) is 8.35. The van der Waals surface area contributed by atoms with Crippen molar-refractivity contribution in [3.05, 3.63) is 23.8 Å². The normalized spacial score (nSPS) is 20.0. The summed E-state index contributed by atoms with van der Waals surface area (Å²) in [6.45, 7) is 9.00. The number of hydrogen-bond acceptors (Lipinski definition) is 5. The fraction of sp³-hybridized carbons (Fsp3) is 0.611. The molecule has 0 saturated carbocycles. The highest BCUT2D eigenvalue weighted by Crippen LogP contribution is 2.33. The highest BCUT2D eigenvalue weighted by molar-refractivity contribution is 5.76. The smallest absolute Gasteiger partial charge is 0.325 e. The number of carboxylic acids is 1. The van der Waals surface area contributed by atoms with Crippen molar-refractivity contribution in [1.82, 2.24) is 10.2 Å². The zero-order chi connectivity index (χ0) is 17.7. The molecule has 2 unspecified atom stereocenters. The second-order valence-electron chi connectivity index (χ2n) is 6.71. The molecule has 0 bridgehead atoms. The van der Waals surface area contributed by atoms with Crippen molar-refractivity contribution in [3.8, 4) is 11.5 Å². The largest absolute Gasteiger partial charge is 0.493 e. The highest BCUT2D eigenvalue weighted by Gasteiger charge is 2.31. The zero-order valence-corrected chi connectivity index (χ0v) is 14.9. The lowest BCUT2D eigenvalue weighted by molar-refractivity contribution is -0.144. The van der Waals surface area contributed by atoms with Crippen molar-refractivity contribution < 1.29 is 19.4 Å². The highest BCUT2D eigenvalue weighted by atomic mass is 16.5. The lowest BCUT2D eigenvalue weighted by atomic mass is 10.0. The van der Waals surface area contributed by atoms with E-state index in [1.807, 2.05) is 11.0 Å². The van der Waals surface area contributed by atoms with E-state index in [0.717, 1.165) is 6.54 Å². The van der Waals surface area contributed by atoms with Crippen molar-refractivity contribution in [2.45, 2.75) is 32.9 Å². The molecule has 6 nitrogen and oxygen atoms in total. The fourth-order valence-electron chi connectivity index (χ4n) is 2.94. The predicted molar refractivity (Wildman–Crippen MR) is 92.7 cm³/mol. The maximum absolute atomic E-state index is 11.9. The Bertz CT molecular complexity index is 562. The Balaban J connectivity index is 2.25. The number of carboxylic acid groups (broad SMARTS) is 1. The maximum atomic E-state index is 11.9. The van der Waals surface area contributed by atoms with Gasteiger partial charge in [-0.15, -0.1) is 0 Å². The Labute approximate surface area is 143 Å². The molecule has 24 heavy (non-hydrogen) atoms. The standard InChI is InChI=1S/C18H28N2O4/c1-12(2)11-24-15-6-5-14(9-16(15)23-4)17(18(21)22)20-8-7-19-13(3)10-20/h5-6,9,12-13,17,19H,7-8,10-11H2,1-4H3,(H,21,22). The number of benzene rings is 1. The first-order valence-corrected chi connectivity index (χ1v) is 8.43. The third-order valence-electron chi connectivity index (χ3n) is 4.07. The van der Waals surface area contributed by atoms with E-state index in [-0.39, 0.29) is 6.04 Å². The molecule has 2 atom stereocenters. The second-order valence-corrected chi connectivity index (χ2v) is 6.71. The summed E-state index contributed by atoms with van der Waals surface area (Å²) in [5.74, 6) is 0.779. The van der Waals surface area contributed by atoms with Gasteiger partial charge in [0.2, 0.25) is 0 Å². The molecule has 0 aromatic heterocycles. The zero-order valence-electron chi connectivity index (χ0n) is 14.9. The van der Waals surface area contributed by atoms with Crippen LogP contribution in [-0.4, -0.2) is 55.4 Å². The number of methoxy groups -OCH3 is 1. The summed E-state index contributed by atoms with van der Waals surface area (Å²) in [5, 5.41) is 13.1. The van der Waals surface area contributed by atoms with Crippen LogP contribution in [0.5, 0.6) is 11.5 Å². The van der Waals surface area contributed by atoms with Crippen LogP contribution in [0.2, 0.25) is 0 Å². The molecule has 6 heteroatoms. The van der Waals surface area contributed by atoms with Crippen LogP contribution in [-0.2, 0) is 4.79 Å². The number of aliphatic carboxylic acids is 1. The van der Waals surface area contributed by atoms with Crippen LogP contribution >= 0.6 is 0 Å². The SMILES string of the molecule is COc1cc(C(C(=O)O)N2CCNC(C)C2)ccc1OCC(C)C. The van der Waals surface area contributed by atoms with Crippen molar-refractivity contribution in [2.75, 3.05) is 33.4 Å². The van der Waals surface area contributed by atoms with Gasteiger partial charge in [-0.3, -0.25) is 9.69 Å². The summed E-state index contributed by atoms with van der Waals surface area (Å²) >= 11 is 0. The molecular weight excluding hydrogens is 308 g/mol. The maximum Gasteiger partial charge on any atom is 0.325 e. The Morgan fingerprint density at radius 3 is 2.75 bits per heavy atom. The topological polar surface area (TPSA) is 71.0 Å². The van der Waals surface area contributed by atoms with E-state index in [0.29, 0.717) is 42.7 Å². The number of nitrogens with one attached hydrogen (secondary N) is 1. The van der Waals surface area contributed by atoms with Crippen LogP contribution < -0.4 is 14.8 Å². The molecule has 0 amide bonds. The molecule has 1 aromatic carbocycles. The van der Waals surface area contributed by atoms with Gasteiger partial charge in [0.1, 0.15) is 6.04 Å². The van der Waals surface area contributed by atoms with Gasteiger partial charge in [-0.2, -0.15) is 0 Å². The van der Waals surface area contributed by atoms with Crippen molar-refractivity contribution in [2.24, 2.45) is 5.92 Å². The summed E-state index contributed by atoms with van der Waals surface area (Å²) in [5.41, 5.74) is 0.713. The van der Waals surface area contributed by atoms with Crippen LogP contribution in [0.15, 0.2) is 18.2 Å². The van der Waals surface area contributed by atoms with E-state index in [1.54, 1.807) is 19.2 Å². The molecule has 1 saturated heterocycles. The number of carbonyl (C=O) groups is 1. The van der Waals surface area contributed by atoms with Crippen LogP contribution in [0.4, 0.5) is 0 Å². The molecule has 0 radical (unpaired) electrons. The van der Waals surface area contributed by atoms with Gasteiger partial charge in [-0.1, -0.05) is 19.9 Å². The van der Waals surface area contributed by atoms with Crippen molar-refractivity contribution >= 4 is 5.97 Å². The van der Waals surface area contributed by atoms with Crippen LogP contribution in [0.3, 0.4) is 0 Å². The first-order chi connectivity index (χ1) is 11.4. The monoisotopic (exact) mass is 336 g/mol. The number of piperazine rings is 1. The van der Waals surface area contributed by atoms with Gasteiger partial charge in [0.05, 0.1) is 13.7 Å². The number of rotatable bonds is 7. The Morgan fingerprint density at radius 1 is 1.42 bits per heavy atom. The molecule has 2 N–H and O–H groups in total. The lowest BCUT2D eigenvalue weighted by Crippen LogP contribution is -2.51. The van der Waals surface area contributed by atoms with E-state index in [4.69, 9.17) is 9.47 Å². The van der Waals surface area contributed by atoms with E-state index < -0.39 is 12.0 Å². The summed E-state index contributed by atoms with van der Waals surface area (Å²) < 4.78 is 11.2. The third kappa shape index (κ3) is 4.61. The van der Waals surface area contributed by atoms with Gasteiger partial charge < -0.3 is 19.9 Å². The van der Waals surface area contributed by atoms with E-state index in [9.17, 15) is 9.90 Å². The quantitative estimate of drug-likeness (QED) is 0.795. The van der Waals surface area contributed by atoms with Gasteiger partial charge in [0.25, 0.3) is 0 Å². The van der Waals surface area contributed by atoms with Crippen molar-refractivity contribution in [3.63, 3.8) is 0 Å². The molecular formula is C18H28N2O4.